The summed E-state index contributed by atoms with van der Waals surface area (Å²) in [6, 6.07) is 1.69. The van der Waals surface area contributed by atoms with Gasteiger partial charge in [0.2, 0.25) is 0 Å². The third-order valence-corrected chi connectivity index (χ3v) is 3.74. The van der Waals surface area contributed by atoms with Crippen LogP contribution >= 0.6 is 15.9 Å². The lowest BCUT2D eigenvalue weighted by Crippen LogP contribution is -2.36. The van der Waals surface area contributed by atoms with E-state index in [0.717, 1.165) is 0 Å². The largest absolute Gasteiger partial charge is 0.480 e. The van der Waals surface area contributed by atoms with E-state index in [1.807, 2.05) is 0 Å². The fourth-order valence-corrected chi connectivity index (χ4v) is 2.55. The highest BCUT2D eigenvalue weighted by molar-refractivity contribution is 9.10. The molecule has 2 rings (SSSR count). The molecular formula is C12H12BrF2NO2. The number of hydrogen-bond acceptors (Lipinski definition) is 2. The molecule has 0 saturated carbocycles. The Balaban J connectivity index is 2.11. The summed E-state index contributed by atoms with van der Waals surface area (Å²) < 4.78 is 27.5. The van der Waals surface area contributed by atoms with Crippen LogP contribution in [-0.2, 0) is 11.2 Å². The number of halogens is 3. The molecule has 0 amide bonds. The molecule has 3 nitrogen and oxygen atoms in total. The van der Waals surface area contributed by atoms with Gasteiger partial charge in [0.1, 0.15) is 17.7 Å². The van der Waals surface area contributed by atoms with E-state index in [-0.39, 0.29) is 22.5 Å². The van der Waals surface area contributed by atoms with Crippen LogP contribution in [0.3, 0.4) is 0 Å². The topological polar surface area (TPSA) is 49.3 Å². The van der Waals surface area contributed by atoms with Crippen molar-refractivity contribution in [3.8, 4) is 0 Å². The van der Waals surface area contributed by atoms with Crippen molar-refractivity contribution in [2.45, 2.75) is 31.3 Å². The van der Waals surface area contributed by atoms with Crippen molar-refractivity contribution in [1.29, 1.82) is 0 Å². The summed E-state index contributed by atoms with van der Waals surface area (Å²) in [6.45, 7) is 0. The Hall–Kier alpha value is -1.01. The quantitative estimate of drug-likeness (QED) is 0.841. The second-order valence-corrected chi connectivity index (χ2v) is 5.21. The Morgan fingerprint density at radius 3 is 2.78 bits per heavy atom. The SMILES string of the molecule is O=C(O)C1CCC(Cc2c(F)ccc(Br)c2F)N1. The van der Waals surface area contributed by atoms with Crippen LogP contribution in [0.25, 0.3) is 0 Å². The molecule has 2 unspecified atom stereocenters. The number of rotatable bonds is 3. The highest BCUT2D eigenvalue weighted by Crippen LogP contribution is 2.25. The van der Waals surface area contributed by atoms with E-state index >= 15 is 0 Å². The van der Waals surface area contributed by atoms with Gasteiger partial charge in [-0.3, -0.25) is 4.79 Å². The molecule has 98 valence electrons. The Morgan fingerprint density at radius 2 is 2.17 bits per heavy atom. The van der Waals surface area contributed by atoms with E-state index < -0.39 is 23.6 Å². The van der Waals surface area contributed by atoms with Crippen LogP contribution in [-0.4, -0.2) is 23.2 Å². The molecule has 2 N–H and O–H groups in total. The highest BCUT2D eigenvalue weighted by atomic mass is 79.9. The van der Waals surface area contributed by atoms with Crippen molar-refractivity contribution in [3.05, 3.63) is 33.8 Å². The maximum atomic E-state index is 13.7. The molecule has 0 spiro atoms. The molecule has 1 fully saturated rings. The zero-order valence-corrected chi connectivity index (χ0v) is 11.0. The molecule has 1 heterocycles. The average molecular weight is 320 g/mol. The molecule has 1 aromatic rings. The monoisotopic (exact) mass is 319 g/mol. The molecular weight excluding hydrogens is 308 g/mol. The maximum Gasteiger partial charge on any atom is 0.320 e. The zero-order chi connectivity index (χ0) is 13.3. The van der Waals surface area contributed by atoms with E-state index in [9.17, 15) is 13.6 Å². The second-order valence-electron chi connectivity index (χ2n) is 4.36. The number of hydrogen-bond donors (Lipinski definition) is 2. The van der Waals surface area contributed by atoms with Crippen LogP contribution in [0.4, 0.5) is 8.78 Å². The summed E-state index contributed by atoms with van der Waals surface area (Å²) in [5.41, 5.74) is -0.00656. The summed E-state index contributed by atoms with van der Waals surface area (Å²) in [7, 11) is 0. The van der Waals surface area contributed by atoms with Gasteiger partial charge in [0.15, 0.2) is 0 Å². The normalized spacial score (nSPS) is 23.3. The van der Waals surface area contributed by atoms with Gasteiger partial charge in [-0.05, 0) is 47.3 Å². The Kier molecular flexibility index (Phi) is 3.97. The molecule has 0 aromatic heterocycles. The van der Waals surface area contributed by atoms with E-state index in [2.05, 4.69) is 21.2 Å². The standard InChI is InChI=1S/C12H12BrF2NO2/c13-8-2-3-9(14)7(11(8)15)5-6-1-4-10(16-6)12(17)18/h2-3,6,10,16H,1,4-5H2,(H,17,18). The summed E-state index contributed by atoms with van der Waals surface area (Å²) in [6.07, 6.45) is 1.24. The number of carboxylic acid groups (broad SMARTS) is 1. The molecule has 6 heteroatoms. The van der Waals surface area contributed by atoms with Gasteiger partial charge in [0.25, 0.3) is 0 Å². The minimum absolute atomic E-state index is 0.00656. The summed E-state index contributed by atoms with van der Waals surface area (Å²) in [5, 5.41) is 11.7. The molecule has 0 aliphatic carbocycles. The molecule has 18 heavy (non-hydrogen) atoms. The number of nitrogens with one attached hydrogen (secondary N) is 1. The molecule has 1 aliphatic rings. The minimum Gasteiger partial charge on any atom is -0.480 e. The van der Waals surface area contributed by atoms with Crippen molar-refractivity contribution in [1.82, 2.24) is 5.32 Å². The first-order valence-electron chi connectivity index (χ1n) is 5.60. The number of benzene rings is 1. The van der Waals surface area contributed by atoms with Crippen LogP contribution in [0.1, 0.15) is 18.4 Å². The smallest absolute Gasteiger partial charge is 0.320 e. The van der Waals surface area contributed by atoms with Crippen molar-refractivity contribution in [3.63, 3.8) is 0 Å². The molecule has 2 atom stereocenters. The predicted molar refractivity (Wildman–Crippen MR) is 65.3 cm³/mol. The van der Waals surface area contributed by atoms with Crippen LogP contribution < -0.4 is 5.32 Å². The van der Waals surface area contributed by atoms with Gasteiger partial charge in [-0.25, -0.2) is 8.78 Å². The third-order valence-electron chi connectivity index (χ3n) is 3.13. The first kappa shape index (κ1) is 13.4. The van der Waals surface area contributed by atoms with E-state index in [4.69, 9.17) is 5.11 Å². The van der Waals surface area contributed by atoms with Gasteiger partial charge in [-0.2, -0.15) is 0 Å². The number of aliphatic carboxylic acids is 1. The fourth-order valence-electron chi connectivity index (χ4n) is 2.18. The van der Waals surface area contributed by atoms with Crippen molar-refractivity contribution in [2.24, 2.45) is 0 Å². The lowest BCUT2D eigenvalue weighted by atomic mass is 10.0. The summed E-state index contributed by atoms with van der Waals surface area (Å²) in [4.78, 5) is 10.8. The first-order valence-corrected chi connectivity index (χ1v) is 6.39. The van der Waals surface area contributed by atoms with Crippen LogP contribution in [0.2, 0.25) is 0 Å². The fraction of sp³-hybridized carbons (Fsp3) is 0.417. The van der Waals surface area contributed by atoms with E-state index in [1.54, 1.807) is 0 Å². The Labute approximate surface area is 111 Å². The van der Waals surface area contributed by atoms with Gasteiger partial charge in [-0.1, -0.05) is 0 Å². The Morgan fingerprint density at radius 1 is 1.44 bits per heavy atom. The molecule has 0 bridgehead atoms. The molecule has 0 radical (unpaired) electrons. The highest BCUT2D eigenvalue weighted by Gasteiger charge is 2.30. The van der Waals surface area contributed by atoms with Crippen molar-refractivity contribution in [2.75, 3.05) is 0 Å². The van der Waals surface area contributed by atoms with Crippen LogP contribution in [0, 0.1) is 11.6 Å². The summed E-state index contributed by atoms with van der Waals surface area (Å²) in [5.74, 6) is -2.14. The Bertz CT molecular complexity index is 481. The molecule has 1 aliphatic heterocycles. The maximum absolute atomic E-state index is 13.7. The number of carbonyl (C=O) groups is 1. The average Bonchev–Trinajstić information content (AvgIpc) is 2.78. The van der Waals surface area contributed by atoms with Gasteiger partial charge >= 0.3 is 5.97 Å². The minimum atomic E-state index is -0.923. The van der Waals surface area contributed by atoms with E-state index in [1.165, 1.54) is 12.1 Å². The molecule has 1 saturated heterocycles. The van der Waals surface area contributed by atoms with Gasteiger partial charge in [0.05, 0.1) is 4.47 Å². The van der Waals surface area contributed by atoms with Crippen molar-refractivity contribution >= 4 is 21.9 Å². The first-order chi connectivity index (χ1) is 8.49. The predicted octanol–water partition coefficient (Wildman–Crippen LogP) is 2.48. The van der Waals surface area contributed by atoms with Crippen LogP contribution in [0.5, 0.6) is 0 Å². The number of carboxylic acids is 1. The van der Waals surface area contributed by atoms with Gasteiger partial charge < -0.3 is 10.4 Å². The third kappa shape index (κ3) is 2.70. The van der Waals surface area contributed by atoms with E-state index in [0.29, 0.717) is 12.8 Å². The van der Waals surface area contributed by atoms with Gasteiger partial charge in [0, 0.05) is 11.6 Å². The summed E-state index contributed by atoms with van der Waals surface area (Å²) >= 11 is 3.01. The second kappa shape index (κ2) is 5.32. The van der Waals surface area contributed by atoms with Crippen molar-refractivity contribution < 1.29 is 18.7 Å². The lowest BCUT2D eigenvalue weighted by Gasteiger charge is -2.13. The molecule has 1 aromatic carbocycles. The zero-order valence-electron chi connectivity index (χ0n) is 9.42. The van der Waals surface area contributed by atoms with Gasteiger partial charge in [-0.15, -0.1) is 0 Å². The van der Waals surface area contributed by atoms with Crippen LogP contribution in [0.15, 0.2) is 16.6 Å². The lowest BCUT2D eigenvalue weighted by molar-refractivity contribution is -0.139.